The molecule has 7 heteroatoms. The van der Waals surface area contributed by atoms with Crippen molar-refractivity contribution in [2.45, 2.75) is 52.2 Å². The summed E-state index contributed by atoms with van der Waals surface area (Å²) in [5, 5.41) is 4.57. The van der Waals surface area contributed by atoms with Crippen LogP contribution in [0.2, 0.25) is 0 Å². The molecule has 1 aliphatic carbocycles. The van der Waals surface area contributed by atoms with Crippen molar-refractivity contribution in [2.75, 3.05) is 20.2 Å². The maximum absolute atomic E-state index is 12.4. The Kier molecular flexibility index (Phi) is 5.95. The van der Waals surface area contributed by atoms with Crippen LogP contribution in [0.15, 0.2) is 54.9 Å². The third-order valence-electron chi connectivity index (χ3n) is 6.80. The molecule has 1 saturated heterocycles. The molecule has 1 fully saturated rings. The molecule has 1 aromatic carbocycles. The van der Waals surface area contributed by atoms with Crippen LogP contribution in [0.25, 0.3) is 11.1 Å². The first-order chi connectivity index (χ1) is 16.8. The van der Waals surface area contributed by atoms with Crippen LogP contribution in [0.4, 0.5) is 4.79 Å². The lowest BCUT2D eigenvalue weighted by Gasteiger charge is -2.51. The van der Waals surface area contributed by atoms with Gasteiger partial charge in [0.15, 0.2) is 11.5 Å². The van der Waals surface area contributed by atoms with Crippen molar-refractivity contribution in [3.63, 3.8) is 0 Å². The van der Waals surface area contributed by atoms with Crippen molar-refractivity contribution < 1.29 is 19.0 Å². The average molecular weight is 476 g/mol. The number of ether oxygens (including phenoxy) is 3. The number of benzene rings is 1. The maximum Gasteiger partial charge on any atom is 0.410 e. The summed E-state index contributed by atoms with van der Waals surface area (Å²) < 4.78 is 19.3. The highest BCUT2D eigenvalue weighted by atomic mass is 16.6. The number of nitrogens with zero attached hydrogens (tertiary/aromatic N) is 3. The number of hydrogen-bond donors (Lipinski definition) is 0. The molecule has 7 nitrogen and oxygen atoms in total. The predicted molar refractivity (Wildman–Crippen MR) is 135 cm³/mol. The minimum Gasteiger partial charge on any atom is -0.491 e. The second kappa shape index (κ2) is 8.95. The highest BCUT2D eigenvalue weighted by Gasteiger charge is 2.46. The van der Waals surface area contributed by atoms with Gasteiger partial charge in [0.25, 0.3) is 0 Å². The van der Waals surface area contributed by atoms with Crippen molar-refractivity contribution in [3.05, 3.63) is 66.0 Å². The van der Waals surface area contributed by atoms with Crippen molar-refractivity contribution in [1.29, 1.82) is 0 Å². The molecule has 184 valence electrons. The summed E-state index contributed by atoms with van der Waals surface area (Å²) in [4.78, 5) is 14.2. The van der Waals surface area contributed by atoms with E-state index in [4.69, 9.17) is 14.2 Å². The summed E-state index contributed by atoms with van der Waals surface area (Å²) >= 11 is 0. The van der Waals surface area contributed by atoms with Gasteiger partial charge in [0.2, 0.25) is 0 Å². The lowest BCUT2D eigenvalue weighted by molar-refractivity contribution is -0.0371. The minimum absolute atomic E-state index is 0.150. The second-order valence-corrected chi connectivity index (χ2v) is 10.6. The van der Waals surface area contributed by atoms with E-state index in [1.807, 2.05) is 79.0 Å². The molecule has 0 bridgehead atoms. The minimum atomic E-state index is -0.467. The zero-order valence-electron chi connectivity index (χ0n) is 20.9. The van der Waals surface area contributed by atoms with Crippen LogP contribution in [0.1, 0.15) is 51.2 Å². The van der Waals surface area contributed by atoms with Crippen LogP contribution in [-0.2, 0) is 11.3 Å². The van der Waals surface area contributed by atoms with Crippen molar-refractivity contribution in [3.8, 4) is 11.5 Å². The van der Waals surface area contributed by atoms with Crippen LogP contribution in [-0.4, -0.2) is 46.4 Å². The van der Waals surface area contributed by atoms with Gasteiger partial charge in [-0.2, -0.15) is 5.10 Å². The third kappa shape index (κ3) is 4.72. The fourth-order valence-electron chi connectivity index (χ4n) is 5.01. The van der Waals surface area contributed by atoms with E-state index in [0.717, 1.165) is 49.0 Å². The van der Waals surface area contributed by atoms with Crippen molar-refractivity contribution in [2.24, 2.45) is 5.41 Å². The molecule has 1 amide bonds. The van der Waals surface area contributed by atoms with Gasteiger partial charge in [0.05, 0.1) is 13.3 Å². The highest BCUT2D eigenvalue weighted by Crippen LogP contribution is 2.47. The standard InChI is InChI=1S/C28H33N3O4/c1-27(2,3)35-26(32)30-18-28(19-30)13-10-21(11-14-28)22-16-29-31-15-12-23(25(33-4)24(22)31)34-17-20-8-6-5-7-9-20/h5-10,12,15-16H,11,13-14,17-19H2,1-4H3. The van der Waals surface area contributed by atoms with Crippen molar-refractivity contribution in [1.82, 2.24) is 14.5 Å². The zero-order chi connectivity index (χ0) is 24.6. The number of carbonyl (C=O) groups excluding carboxylic acids is 1. The average Bonchev–Trinajstić information content (AvgIpc) is 3.24. The molecule has 2 aliphatic rings. The molecule has 0 N–H and O–H groups in total. The SMILES string of the molecule is COc1c(OCc2ccccc2)ccn2ncc(C3=CCC4(CC3)CN(C(=O)OC(C)(C)C)C4)c12. The quantitative estimate of drug-likeness (QED) is 0.472. The van der Waals surface area contributed by atoms with Crippen LogP contribution in [0.3, 0.4) is 0 Å². The molecular formula is C28H33N3O4. The van der Waals surface area contributed by atoms with Gasteiger partial charge in [-0.25, -0.2) is 9.31 Å². The van der Waals surface area contributed by atoms with Gasteiger partial charge >= 0.3 is 6.09 Å². The van der Waals surface area contributed by atoms with Crippen LogP contribution in [0.5, 0.6) is 11.5 Å². The van der Waals surface area contributed by atoms with Gasteiger partial charge < -0.3 is 19.1 Å². The van der Waals surface area contributed by atoms with Crippen LogP contribution in [0, 0.1) is 5.41 Å². The fourth-order valence-corrected chi connectivity index (χ4v) is 5.01. The Bertz CT molecular complexity index is 1250. The van der Waals surface area contributed by atoms with E-state index in [2.05, 4.69) is 11.2 Å². The number of carbonyl (C=O) groups is 1. The van der Waals surface area contributed by atoms with Gasteiger partial charge in [0, 0.05) is 36.3 Å². The smallest absolute Gasteiger partial charge is 0.410 e. The third-order valence-corrected chi connectivity index (χ3v) is 6.80. The Hall–Kier alpha value is -3.48. The summed E-state index contributed by atoms with van der Waals surface area (Å²) in [6, 6.07) is 12.0. The molecule has 1 spiro atoms. The lowest BCUT2D eigenvalue weighted by atomic mass is 9.69. The Balaban J connectivity index is 1.32. The number of hydrogen-bond acceptors (Lipinski definition) is 5. The lowest BCUT2D eigenvalue weighted by Crippen LogP contribution is -2.59. The summed E-state index contributed by atoms with van der Waals surface area (Å²) in [6.45, 7) is 7.68. The molecule has 2 aromatic heterocycles. The summed E-state index contributed by atoms with van der Waals surface area (Å²) in [6.07, 6.45) is 8.82. The summed E-state index contributed by atoms with van der Waals surface area (Å²) in [7, 11) is 1.67. The Morgan fingerprint density at radius 1 is 1.14 bits per heavy atom. The Morgan fingerprint density at radius 2 is 1.91 bits per heavy atom. The van der Waals surface area contributed by atoms with Gasteiger partial charge in [-0.05, 0) is 51.2 Å². The van der Waals surface area contributed by atoms with E-state index in [-0.39, 0.29) is 11.5 Å². The fraction of sp³-hybridized carbons (Fsp3) is 0.429. The molecule has 3 heterocycles. The molecule has 0 radical (unpaired) electrons. The van der Waals surface area contributed by atoms with E-state index < -0.39 is 5.60 Å². The number of aromatic nitrogens is 2. The molecule has 5 rings (SSSR count). The normalized spacial score (nSPS) is 17.1. The molecule has 0 saturated carbocycles. The first-order valence-corrected chi connectivity index (χ1v) is 12.2. The first-order valence-electron chi connectivity index (χ1n) is 12.2. The monoisotopic (exact) mass is 475 g/mol. The van der Waals surface area contributed by atoms with Gasteiger partial charge in [-0.1, -0.05) is 36.4 Å². The van der Waals surface area contributed by atoms with Gasteiger partial charge in [-0.15, -0.1) is 0 Å². The van der Waals surface area contributed by atoms with E-state index in [1.165, 1.54) is 5.57 Å². The van der Waals surface area contributed by atoms with E-state index in [9.17, 15) is 4.79 Å². The summed E-state index contributed by atoms with van der Waals surface area (Å²) in [5.41, 5.74) is 4.04. The maximum atomic E-state index is 12.4. The molecule has 0 unspecified atom stereocenters. The molecule has 0 atom stereocenters. The largest absolute Gasteiger partial charge is 0.491 e. The molecular weight excluding hydrogens is 442 g/mol. The molecule has 3 aromatic rings. The topological polar surface area (TPSA) is 65.3 Å². The van der Waals surface area contributed by atoms with Gasteiger partial charge in [0.1, 0.15) is 17.7 Å². The number of fused-ring (bicyclic) bond motifs is 1. The van der Waals surface area contributed by atoms with Crippen LogP contribution >= 0.6 is 0 Å². The van der Waals surface area contributed by atoms with Crippen molar-refractivity contribution >= 4 is 17.2 Å². The highest BCUT2D eigenvalue weighted by molar-refractivity contribution is 5.84. The molecule has 35 heavy (non-hydrogen) atoms. The molecule has 1 aliphatic heterocycles. The first kappa shape index (κ1) is 23.3. The number of pyridine rings is 1. The Morgan fingerprint density at radius 3 is 2.57 bits per heavy atom. The number of methoxy groups -OCH3 is 1. The number of amides is 1. The predicted octanol–water partition coefficient (Wildman–Crippen LogP) is 5.73. The summed E-state index contributed by atoms with van der Waals surface area (Å²) in [5.74, 6) is 1.39. The van der Waals surface area contributed by atoms with E-state index in [1.54, 1.807) is 7.11 Å². The number of allylic oxidation sites excluding steroid dienone is 2. The van der Waals surface area contributed by atoms with Crippen LogP contribution < -0.4 is 9.47 Å². The van der Waals surface area contributed by atoms with E-state index in [0.29, 0.717) is 18.1 Å². The number of rotatable bonds is 5. The van der Waals surface area contributed by atoms with E-state index >= 15 is 0 Å². The van der Waals surface area contributed by atoms with Gasteiger partial charge in [-0.3, -0.25) is 0 Å². The Labute approximate surface area is 206 Å². The number of likely N-dealkylation sites (tertiary alicyclic amines) is 1. The zero-order valence-corrected chi connectivity index (χ0v) is 20.9. The second-order valence-electron chi connectivity index (χ2n) is 10.6.